The highest BCUT2D eigenvalue weighted by atomic mass is 32.2. The molecule has 0 aromatic carbocycles. The Morgan fingerprint density at radius 2 is 2.12 bits per heavy atom. The minimum absolute atomic E-state index is 0.178. The quantitative estimate of drug-likeness (QED) is 0.877. The Bertz CT molecular complexity index is 635. The van der Waals surface area contributed by atoms with E-state index in [9.17, 15) is 22.2 Å². The summed E-state index contributed by atoms with van der Waals surface area (Å²) in [4.78, 5) is 17.6. The lowest BCUT2D eigenvalue weighted by Gasteiger charge is -2.22. The minimum Gasteiger partial charge on any atom is -0.468 e. The normalized spacial score (nSPS) is 20.7. The van der Waals surface area contributed by atoms with Gasteiger partial charge in [-0.1, -0.05) is 0 Å². The number of nitrogens with one attached hydrogen (secondary N) is 1. The molecule has 1 N–H and O–H groups in total. The minimum atomic E-state index is -4.44. The molecule has 2 heterocycles. The van der Waals surface area contributed by atoms with Gasteiger partial charge in [0.2, 0.25) is 5.88 Å². The maximum Gasteiger partial charge on any atom is 0.422 e. The second-order valence-electron chi connectivity index (χ2n) is 6.27. The summed E-state index contributed by atoms with van der Waals surface area (Å²) < 4.78 is 52.5. The summed E-state index contributed by atoms with van der Waals surface area (Å²) in [6, 6.07) is 2.30. The SMILES string of the molecule is CC1(C)CCN(C(=O)Nc2ccc(OCC(F)(F)F)nc2)CCS1=O. The maximum absolute atomic E-state index is 12.3. The number of urea groups is 1. The highest BCUT2D eigenvalue weighted by Gasteiger charge is 2.31. The Labute approximate surface area is 146 Å². The third-order valence-electron chi connectivity index (χ3n) is 3.81. The van der Waals surface area contributed by atoms with Crippen molar-refractivity contribution >= 4 is 22.5 Å². The van der Waals surface area contributed by atoms with Crippen molar-refractivity contribution < 1.29 is 26.9 Å². The third kappa shape index (κ3) is 5.87. The number of aromatic nitrogens is 1. The molecule has 0 radical (unpaired) electrons. The molecule has 0 spiro atoms. The Balaban J connectivity index is 1.91. The second kappa shape index (κ2) is 7.59. The number of rotatable bonds is 3. The molecular weight excluding hydrogens is 359 g/mol. The van der Waals surface area contributed by atoms with Crippen molar-refractivity contribution in [3.8, 4) is 5.88 Å². The van der Waals surface area contributed by atoms with Crippen LogP contribution >= 0.6 is 0 Å². The Kier molecular flexibility index (Phi) is 5.91. The summed E-state index contributed by atoms with van der Waals surface area (Å²) in [7, 11) is -1.01. The van der Waals surface area contributed by atoms with Gasteiger partial charge in [0, 0.05) is 40.5 Å². The fourth-order valence-corrected chi connectivity index (χ4v) is 3.46. The van der Waals surface area contributed by atoms with Gasteiger partial charge in [-0.05, 0) is 26.3 Å². The molecular formula is C15H20F3N3O3S. The molecule has 1 aliphatic heterocycles. The van der Waals surface area contributed by atoms with E-state index in [1.165, 1.54) is 18.3 Å². The lowest BCUT2D eigenvalue weighted by molar-refractivity contribution is -0.154. The molecule has 1 aromatic rings. The number of nitrogens with zero attached hydrogens (tertiary/aromatic N) is 2. The van der Waals surface area contributed by atoms with Crippen LogP contribution in [0.25, 0.3) is 0 Å². The van der Waals surface area contributed by atoms with Gasteiger partial charge in [0.15, 0.2) is 6.61 Å². The number of pyridine rings is 1. The van der Waals surface area contributed by atoms with Gasteiger partial charge >= 0.3 is 12.2 Å². The molecule has 1 aliphatic rings. The molecule has 1 unspecified atom stereocenters. The van der Waals surface area contributed by atoms with E-state index >= 15 is 0 Å². The summed E-state index contributed by atoms with van der Waals surface area (Å²) in [5, 5.41) is 2.63. The fraction of sp³-hybridized carbons (Fsp3) is 0.600. The molecule has 1 fully saturated rings. The summed E-state index contributed by atoms with van der Waals surface area (Å²) in [5.74, 6) is 0.227. The number of amides is 2. The van der Waals surface area contributed by atoms with E-state index in [1.807, 2.05) is 13.8 Å². The number of hydrogen-bond acceptors (Lipinski definition) is 4. The molecule has 2 rings (SSSR count). The van der Waals surface area contributed by atoms with Crippen molar-refractivity contribution in [2.75, 3.05) is 30.8 Å². The van der Waals surface area contributed by atoms with Crippen LogP contribution in [0.5, 0.6) is 5.88 Å². The molecule has 2 amide bonds. The van der Waals surface area contributed by atoms with Crippen LogP contribution in [0.1, 0.15) is 20.3 Å². The third-order valence-corrected chi connectivity index (χ3v) is 5.80. The van der Waals surface area contributed by atoms with Gasteiger partial charge in [0.05, 0.1) is 11.9 Å². The first kappa shape index (κ1) is 19.5. The van der Waals surface area contributed by atoms with E-state index in [-0.39, 0.29) is 16.7 Å². The van der Waals surface area contributed by atoms with Crippen molar-refractivity contribution in [3.05, 3.63) is 18.3 Å². The van der Waals surface area contributed by atoms with Crippen LogP contribution < -0.4 is 10.1 Å². The molecule has 25 heavy (non-hydrogen) atoms. The zero-order valence-corrected chi connectivity index (χ0v) is 14.7. The molecule has 0 aliphatic carbocycles. The van der Waals surface area contributed by atoms with Gasteiger partial charge in [-0.15, -0.1) is 0 Å². The van der Waals surface area contributed by atoms with Crippen LogP contribution in [-0.4, -0.2) is 56.5 Å². The van der Waals surface area contributed by atoms with Crippen LogP contribution in [0.15, 0.2) is 18.3 Å². The highest BCUT2D eigenvalue weighted by Crippen LogP contribution is 2.22. The number of hydrogen-bond donors (Lipinski definition) is 1. The van der Waals surface area contributed by atoms with Crippen LogP contribution in [0.2, 0.25) is 0 Å². The van der Waals surface area contributed by atoms with Crippen LogP contribution in [0.3, 0.4) is 0 Å². The summed E-state index contributed by atoms with van der Waals surface area (Å²) in [6.07, 6.45) is -2.59. The average Bonchev–Trinajstić information content (AvgIpc) is 2.65. The first-order chi connectivity index (χ1) is 11.6. The molecule has 140 valence electrons. The smallest absolute Gasteiger partial charge is 0.422 e. The average molecular weight is 379 g/mol. The van der Waals surface area contributed by atoms with Gasteiger partial charge in [-0.3, -0.25) is 4.21 Å². The van der Waals surface area contributed by atoms with Gasteiger partial charge in [-0.2, -0.15) is 13.2 Å². The number of carbonyl (C=O) groups is 1. The molecule has 1 aromatic heterocycles. The first-order valence-electron chi connectivity index (χ1n) is 7.67. The van der Waals surface area contributed by atoms with Crippen molar-refractivity contribution in [1.82, 2.24) is 9.88 Å². The zero-order valence-electron chi connectivity index (χ0n) is 13.9. The molecule has 1 atom stereocenters. The monoisotopic (exact) mass is 379 g/mol. The van der Waals surface area contributed by atoms with E-state index in [4.69, 9.17) is 0 Å². The molecule has 0 bridgehead atoms. The Hall–Kier alpha value is -1.84. The zero-order chi connectivity index (χ0) is 18.7. The number of ether oxygens (including phenoxy) is 1. The molecule has 6 nitrogen and oxygen atoms in total. The molecule has 0 saturated carbocycles. The van der Waals surface area contributed by atoms with Crippen molar-refractivity contribution in [2.45, 2.75) is 31.2 Å². The first-order valence-corrected chi connectivity index (χ1v) is 8.99. The number of halogens is 3. The van der Waals surface area contributed by atoms with Gasteiger partial charge < -0.3 is 15.0 Å². The standard InChI is InChI=1S/C15H20F3N3O3S/c1-14(2)5-6-21(7-8-25(14)23)13(22)20-11-3-4-12(19-9-11)24-10-15(16,17)18/h3-4,9H,5-8,10H2,1-2H3,(H,20,22). The molecule has 1 saturated heterocycles. The van der Waals surface area contributed by atoms with Gasteiger partial charge in [-0.25, -0.2) is 9.78 Å². The largest absolute Gasteiger partial charge is 0.468 e. The van der Waals surface area contributed by atoms with Crippen LogP contribution in [-0.2, 0) is 10.8 Å². The van der Waals surface area contributed by atoms with Crippen molar-refractivity contribution in [2.24, 2.45) is 0 Å². The van der Waals surface area contributed by atoms with Crippen molar-refractivity contribution in [1.29, 1.82) is 0 Å². The predicted molar refractivity (Wildman–Crippen MR) is 88.1 cm³/mol. The molecule has 10 heteroatoms. The summed E-state index contributed by atoms with van der Waals surface area (Å²) in [5.41, 5.74) is 0.342. The number of carbonyl (C=O) groups excluding carboxylic acids is 1. The van der Waals surface area contributed by atoms with E-state index in [1.54, 1.807) is 4.90 Å². The van der Waals surface area contributed by atoms with Crippen LogP contribution in [0, 0.1) is 0 Å². The van der Waals surface area contributed by atoms with E-state index < -0.39 is 23.6 Å². The Morgan fingerprint density at radius 3 is 2.72 bits per heavy atom. The van der Waals surface area contributed by atoms with Gasteiger partial charge in [0.25, 0.3) is 0 Å². The lowest BCUT2D eigenvalue weighted by atomic mass is 10.1. The fourth-order valence-electron chi connectivity index (χ4n) is 2.20. The topological polar surface area (TPSA) is 71.5 Å². The van der Waals surface area contributed by atoms with Gasteiger partial charge in [0.1, 0.15) is 0 Å². The number of anilines is 1. The van der Waals surface area contributed by atoms with E-state index in [0.717, 1.165) is 0 Å². The summed E-state index contributed by atoms with van der Waals surface area (Å²) >= 11 is 0. The van der Waals surface area contributed by atoms with Crippen LogP contribution in [0.4, 0.5) is 23.7 Å². The van der Waals surface area contributed by atoms with E-state index in [2.05, 4.69) is 15.0 Å². The van der Waals surface area contributed by atoms with Crippen molar-refractivity contribution in [3.63, 3.8) is 0 Å². The number of alkyl halides is 3. The maximum atomic E-state index is 12.3. The highest BCUT2D eigenvalue weighted by molar-refractivity contribution is 7.86. The predicted octanol–water partition coefficient (Wildman–Crippen LogP) is 2.79. The lowest BCUT2D eigenvalue weighted by Crippen LogP contribution is -2.37. The Morgan fingerprint density at radius 1 is 1.40 bits per heavy atom. The van der Waals surface area contributed by atoms with E-state index in [0.29, 0.717) is 31.0 Å². The summed E-state index contributed by atoms with van der Waals surface area (Å²) in [6.45, 7) is 3.25. The second-order valence-corrected chi connectivity index (χ2v) is 8.47.